The molecule has 210 valence electrons. The third kappa shape index (κ3) is 6.15. The molecule has 0 saturated carbocycles. The minimum atomic E-state index is -2.72. The Morgan fingerprint density at radius 2 is 1.65 bits per heavy atom. The van der Waals surface area contributed by atoms with E-state index in [4.69, 9.17) is 14.7 Å². The molecule has 40 heavy (non-hydrogen) atoms. The fraction of sp³-hybridized carbons (Fsp3) is 0.452. The van der Waals surface area contributed by atoms with Crippen molar-refractivity contribution < 1.29 is 13.5 Å². The van der Waals surface area contributed by atoms with E-state index in [1.165, 1.54) is 16.6 Å². The van der Waals surface area contributed by atoms with Gasteiger partial charge in [0, 0.05) is 38.7 Å². The predicted octanol–water partition coefficient (Wildman–Crippen LogP) is 5.48. The Morgan fingerprint density at radius 1 is 0.875 bits per heavy atom. The molecule has 0 radical (unpaired) electrons. The summed E-state index contributed by atoms with van der Waals surface area (Å²) in [7, 11) is 0. The molecular formula is C31H36F2N6O. The van der Waals surface area contributed by atoms with Crippen molar-refractivity contribution >= 4 is 16.9 Å². The summed E-state index contributed by atoms with van der Waals surface area (Å²) in [5.41, 5.74) is 2.54. The second-order valence-electron chi connectivity index (χ2n) is 10.8. The van der Waals surface area contributed by atoms with Crippen LogP contribution in [-0.4, -0.2) is 70.4 Å². The summed E-state index contributed by atoms with van der Waals surface area (Å²) in [6.45, 7) is 6.04. The summed E-state index contributed by atoms with van der Waals surface area (Å²) < 4.78 is 35.2. The van der Waals surface area contributed by atoms with Crippen LogP contribution < -0.4 is 4.90 Å². The molecule has 4 heterocycles. The molecule has 1 atom stereocenters. The summed E-state index contributed by atoms with van der Waals surface area (Å²) in [4.78, 5) is 18.7. The molecule has 0 unspecified atom stereocenters. The van der Waals surface area contributed by atoms with Crippen LogP contribution >= 0.6 is 0 Å². The van der Waals surface area contributed by atoms with Gasteiger partial charge in [0.15, 0.2) is 5.82 Å². The quantitative estimate of drug-likeness (QED) is 0.263. The molecule has 2 aromatic heterocycles. The van der Waals surface area contributed by atoms with Crippen molar-refractivity contribution in [3.8, 4) is 5.82 Å². The highest BCUT2D eigenvalue weighted by molar-refractivity contribution is 5.78. The number of aromatic nitrogens is 4. The minimum absolute atomic E-state index is 0.291. The van der Waals surface area contributed by atoms with Crippen LogP contribution in [0.2, 0.25) is 0 Å². The molecule has 7 nitrogen and oxygen atoms in total. The van der Waals surface area contributed by atoms with E-state index in [-0.39, 0.29) is 5.82 Å². The molecule has 2 aliphatic rings. The van der Waals surface area contributed by atoms with E-state index in [9.17, 15) is 8.78 Å². The number of hydrogen-bond acceptors (Lipinski definition) is 6. The molecule has 0 spiro atoms. The second kappa shape index (κ2) is 12.4. The van der Waals surface area contributed by atoms with E-state index in [2.05, 4.69) is 45.1 Å². The lowest BCUT2D eigenvalue weighted by molar-refractivity contribution is 0.122. The van der Waals surface area contributed by atoms with Crippen molar-refractivity contribution in [3.05, 3.63) is 77.9 Å². The number of morpholine rings is 1. The molecular weight excluding hydrogens is 510 g/mol. The fourth-order valence-electron chi connectivity index (χ4n) is 5.91. The van der Waals surface area contributed by atoms with Gasteiger partial charge in [0.1, 0.15) is 17.5 Å². The van der Waals surface area contributed by atoms with Gasteiger partial charge in [-0.1, -0.05) is 42.5 Å². The zero-order valence-electron chi connectivity index (χ0n) is 22.8. The Morgan fingerprint density at radius 3 is 2.48 bits per heavy atom. The molecule has 0 aliphatic carbocycles. The highest BCUT2D eigenvalue weighted by Gasteiger charge is 2.24. The van der Waals surface area contributed by atoms with Crippen LogP contribution in [0.4, 0.5) is 14.6 Å². The van der Waals surface area contributed by atoms with Gasteiger partial charge in [0.25, 0.3) is 6.43 Å². The van der Waals surface area contributed by atoms with Crippen LogP contribution in [0.3, 0.4) is 0 Å². The van der Waals surface area contributed by atoms with E-state index >= 15 is 0 Å². The number of fused-ring (bicyclic) bond motifs is 1. The first kappa shape index (κ1) is 26.8. The number of alkyl halides is 2. The average Bonchev–Trinajstić information content (AvgIpc) is 3.62. The predicted molar refractivity (Wildman–Crippen MR) is 152 cm³/mol. The van der Waals surface area contributed by atoms with Crippen LogP contribution in [0.25, 0.3) is 16.9 Å². The van der Waals surface area contributed by atoms with E-state index in [0.717, 1.165) is 44.7 Å². The molecule has 2 saturated heterocycles. The number of benzene rings is 2. The maximum atomic E-state index is 14.1. The molecule has 0 bridgehead atoms. The zero-order valence-corrected chi connectivity index (χ0v) is 22.8. The monoisotopic (exact) mass is 546 g/mol. The highest BCUT2D eigenvalue weighted by Crippen LogP contribution is 2.29. The maximum Gasteiger partial charge on any atom is 0.296 e. The van der Waals surface area contributed by atoms with Gasteiger partial charge in [-0.05, 0) is 55.8 Å². The molecule has 2 aliphatic heterocycles. The average molecular weight is 547 g/mol. The lowest BCUT2D eigenvalue weighted by atomic mass is 10.0. The van der Waals surface area contributed by atoms with Gasteiger partial charge in [-0.3, -0.25) is 4.57 Å². The molecule has 2 fully saturated rings. The number of ether oxygens (including phenoxy) is 1. The van der Waals surface area contributed by atoms with Gasteiger partial charge in [0.05, 0.1) is 24.2 Å². The number of halogens is 2. The first-order chi connectivity index (χ1) is 19.6. The van der Waals surface area contributed by atoms with Gasteiger partial charge in [-0.2, -0.15) is 0 Å². The summed E-state index contributed by atoms with van der Waals surface area (Å²) in [5, 5.41) is 0. The summed E-state index contributed by atoms with van der Waals surface area (Å²) in [5.74, 6) is 2.27. The molecule has 6 rings (SSSR count). The molecule has 4 aromatic rings. The number of hydrogen-bond donors (Lipinski definition) is 0. The molecule has 2 aromatic carbocycles. The number of para-hydroxylation sites is 2. The van der Waals surface area contributed by atoms with Gasteiger partial charge >= 0.3 is 0 Å². The van der Waals surface area contributed by atoms with Crippen molar-refractivity contribution in [2.45, 2.75) is 38.5 Å². The third-order valence-corrected chi connectivity index (χ3v) is 8.03. The highest BCUT2D eigenvalue weighted by atomic mass is 19.3. The van der Waals surface area contributed by atoms with Crippen molar-refractivity contribution in [2.24, 2.45) is 5.92 Å². The largest absolute Gasteiger partial charge is 0.378 e. The van der Waals surface area contributed by atoms with Crippen LogP contribution in [0.5, 0.6) is 0 Å². The number of imidazole rings is 1. The fourth-order valence-corrected chi connectivity index (χ4v) is 5.91. The Balaban J connectivity index is 1.17. The summed E-state index contributed by atoms with van der Waals surface area (Å²) in [6, 6.07) is 19.7. The summed E-state index contributed by atoms with van der Waals surface area (Å²) >= 11 is 0. The number of nitrogens with zero attached hydrogens (tertiary/aromatic N) is 6. The van der Waals surface area contributed by atoms with Gasteiger partial charge in [-0.15, -0.1) is 0 Å². The van der Waals surface area contributed by atoms with Crippen LogP contribution in [0.1, 0.15) is 42.9 Å². The van der Waals surface area contributed by atoms with E-state index < -0.39 is 6.43 Å². The molecule has 9 heteroatoms. The van der Waals surface area contributed by atoms with Crippen molar-refractivity contribution in [2.75, 3.05) is 50.8 Å². The summed E-state index contributed by atoms with van der Waals surface area (Å²) in [6.07, 6.45) is 2.37. The Hall–Kier alpha value is -3.43. The zero-order chi connectivity index (χ0) is 27.3. The van der Waals surface area contributed by atoms with E-state index in [1.807, 2.05) is 24.3 Å². The number of rotatable bonds is 10. The lowest BCUT2D eigenvalue weighted by Crippen LogP contribution is -2.37. The van der Waals surface area contributed by atoms with Crippen LogP contribution in [0.15, 0.2) is 60.7 Å². The minimum Gasteiger partial charge on any atom is -0.378 e. The number of likely N-dealkylation sites (tertiary alicyclic amines) is 1. The first-order valence-corrected chi connectivity index (χ1v) is 14.4. The van der Waals surface area contributed by atoms with Gasteiger partial charge < -0.3 is 14.5 Å². The normalized spacial score (nSPS) is 18.3. The van der Waals surface area contributed by atoms with Crippen LogP contribution in [0, 0.1) is 5.92 Å². The van der Waals surface area contributed by atoms with Gasteiger partial charge in [0.2, 0.25) is 0 Å². The van der Waals surface area contributed by atoms with Gasteiger partial charge in [-0.25, -0.2) is 23.7 Å². The molecule has 0 amide bonds. The first-order valence-electron chi connectivity index (χ1n) is 14.4. The third-order valence-electron chi connectivity index (χ3n) is 8.03. The smallest absolute Gasteiger partial charge is 0.296 e. The Bertz CT molecular complexity index is 1410. The Kier molecular flexibility index (Phi) is 8.29. The molecule has 0 N–H and O–H groups in total. The maximum absolute atomic E-state index is 14.1. The van der Waals surface area contributed by atoms with E-state index in [0.29, 0.717) is 61.3 Å². The number of anilines is 1. The topological polar surface area (TPSA) is 59.3 Å². The van der Waals surface area contributed by atoms with Crippen molar-refractivity contribution in [3.63, 3.8) is 0 Å². The van der Waals surface area contributed by atoms with Crippen molar-refractivity contribution in [1.82, 2.24) is 24.4 Å². The van der Waals surface area contributed by atoms with Crippen LogP contribution in [-0.2, 0) is 17.6 Å². The second-order valence-corrected chi connectivity index (χ2v) is 10.8. The number of aryl methyl sites for hydroxylation is 1. The lowest BCUT2D eigenvalue weighted by Gasteiger charge is -2.28. The standard InChI is InChI=1S/C31H36F2N6O/c32-30(33)31-34-25-10-4-5-11-26(25)39(31)29-21-28(38-17-19-40-20-18-38)35-27(36-29)12-6-9-24-14-16-37(22-24)15-13-23-7-2-1-3-8-23/h1-5,7-8,10-11,21,24,30H,6,9,12-20,22H2/t24-/m0/s1. The Labute approximate surface area is 233 Å². The van der Waals surface area contributed by atoms with Crippen molar-refractivity contribution in [1.29, 1.82) is 0 Å². The van der Waals surface area contributed by atoms with E-state index in [1.54, 1.807) is 6.07 Å². The SMILES string of the molecule is FC(F)c1nc2ccccc2n1-c1cc(N2CCOCC2)nc(CCC[C@H]2CCN(CCc3ccccc3)C2)n1.